The molecule has 6 heteroatoms. The van der Waals surface area contributed by atoms with Crippen molar-refractivity contribution in [2.24, 2.45) is 11.8 Å². The van der Waals surface area contributed by atoms with E-state index in [4.69, 9.17) is 10.5 Å². The van der Waals surface area contributed by atoms with Crippen LogP contribution in [0.25, 0.3) is 5.65 Å². The first-order valence-corrected chi connectivity index (χ1v) is 9.23. The number of hydrogen-bond acceptors (Lipinski definition) is 5. The summed E-state index contributed by atoms with van der Waals surface area (Å²) in [4.78, 5) is 8.67. The van der Waals surface area contributed by atoms with Crippen molar-refractivity contribution >= 4 is 11.5 Å². The Labute approximate surface area is 143 Å². The predicted molar refractivity (Wildman–Crippen MR) is 95.0 cm³/mol. The Bertz CT molecular complexity index is 683. The molecule has 1 aliphatic carbocycles. The van der Waals surface area contributed by atoms with Gasteiger partial charge in [0, 0.05) is 0 Å². The van der Waals surface area contributed by atoms with Crippen LogP contribution in [0.2, 0.25) is 0 Å². The van der Waals surface area contributed by atoms with E-state index in [1.54, 1.807) is 0 Å². The Hall–Kier alpha value is -1.85. The second kappa shape index (κ2) is 7.36. The third kappa shape index (κ3) is 3.79. The predicted octanol–water partition coefficient (Wildman–Crippen LogP) is 3.64. The van der Waals surface area contributed by atoms with Crippen molar-refractivity contribution in [3.8, 4) is 6.01 Å². The van der Waals surface area contributed by atoms with Gasteiger partial charge in [0.05, 0.1) is 18.0 Å². The van der Waals surface area contributed by atoms with Crippen molar-refractivity contribution in [1.29, 1.82) is 0 Å². The Morgan fingerprint density at radius 3 is 3.00 bits per heavy atom. The molecule has 2 heterocycles. The van der Waals surface area contributed by atoms with Gasteiger partial charge in [-0.2, -0.15) is 4.98 Å². The maximum Gasteiger partial charge on any atom is 0.336 e. The molecule has 0 aliphatic heterocycles. The van der Waals surface area contributed by atoms with Gasteiger partial charge in [-0.15, -0.1) is 5.10 Å². The van der Waals surface area contributed by atoms with Crippen LogP contribution in [-0.2, 0) is 6.42 Å². The van der Waals surface area contributed by atoms with Gasteiger partial charge in [0.25, 0.3) is 0 Å². The van der Waals surface area contributed by atoms with Gasteiger partial charge in [0.15, 0.2) is 11.5 Å². The van der Waals surface area contributed by atoms with Gasteiger partial charge in [-0.3, -0.25) is 0 Å². The Morgan fingerprint density at radius 1 is 1.42 bits per heavy atom. The summed E-state index contributed by atoms with van der Waals surface area (Å²) in [6.07, 6.45) is 10.2. The molecule has 1 unspecified atom stereocenters. The number of rotatable bonds is 6. The monoisotopic (exact) mass is 331 g/mol. The van der Waals surface area contributed by atoms with Gasteiger partial charge in [-0.25, -0.2) is 9.50 Å². The van der Waals surface area contributed by atoms with Gasteiger partial charge < -0.3 is 10.5 Å². The molecule has 3 atom stereocenters. The molecule has 0 amide bonds. The van der Waals surface area contributed by atoms with E-state index >= 15 is 0 Å². The van der Waals surface area contributed by atoms with Crippen LogP contribution in [0.5, 0.6) is 6.01 Å². The van der Waals surface area contributed by atoms with Crippen LogP contribution >= 0.6 is 0 Å². The molecule has 1 aliphatic rings. The normalized spacial score (nSPS) is 22.6. The lowest BCUT2D eigenvalue weighted by atomic mass is 9.80. The number of hydrogen-bond donors (Lipinski definition) is 1. The van der Waals surface area contributed by atoms with E-state index < -0.39 is 0 Å². The molecule has 6 nitrogen and oxygen atoms in total. The third-order valence-electron chi connectivity index (χ3n) is 4.98. The van der Waals surface area contributed by atoms with Crippen LogP contribution in [0.1, 0.15) is 65.0 Å². The van der Waals surface area contributed by atoms with Crippen LogP contribution in [-0.4, -0.2) is 25.7 Å². The highest BCUT2D eigenvalue weighted by Crippen LogP contribution is 2.31. The first kappa shape index (κ1) is 17.0. The molecule has 2 aromatic heterocycles. The standard InChI is InChI=1S/C18H29N5O/c1-4-6-13(3)24-18-21-16(19)17-20-11-15(23(17)22-18)10-14-8-5-7-12(2)9-14/h11-14H,4-10H2,1-3H3,(H2,19,21,22)/t12-,13+,14?/m1/s1. The van der Waals surface area contributed by atoms with E-state index in [1.165, 1.54) is 25.7 Å². The number of aromatic nitrogens is 4. The van der Waals surface area contributed by atoms with Crippen molar-refractivity contribution in [2.75, 3.05) is 5.73 Å². The van der Waals surface area contributed by atoms with E-state index in [0.29, 0.717) is 23.4 Å². The van der Waals surface area contributed by atoms with Crippen molar-refractivity contribution in [3.05, 3.63) is 11.9 Å². The topological polar surface area (TPSA) is 78.3 Å². The summed E-state index contributed by atoms with van der Waals surface area (Å²) < 4.78 is 7.65. The molecular formula is C18H29N5O. The molecule has 1 fully saturated rings. The minimum absolute atomic E-state index is 0.0815. The van der Waals surface area contributed by atoms with Gasteiger partial charge in [-0.1, -0.05) is 39.5 Å². The summed E-state index contributed by atoms with van der Waals surface area (Å²) in [5.74, 6) is 1.90. The second-order valence-corrected chi connectivity index (χ2v) is 7.32. The first-order chi connectivity index (χ1) is 11.6. The fourth-order valence-corrected chi connectivity index (χ4v) is 3.80. The largest absolute Gasteiger partial charge is 0.459 e. The maximum absolute atomic E-state index is 6.06. The minimum atomic E-state index is 0.0815. The molecule has 132 valence electrons. The van der Waals surface area contributed by atoms with E-state index in [-0.39, 0.29) is 6.10 Å². The highest BCUT2D eigenvalue weighted by molar-refractivity contribution is 5.59. The second-order valence-electron chi connectivity index (χ2n) is 7.32. The molecule has 3 rings (SSSR count). The van der Waals surface area contributed by atoms with Crippen molar-refractivity contribution < 1.29 is 4.74 Å². The molecule has 2 N–H and O–H groups in total. The van der Waals surface area contributed by atoms with Gasteiger partial charge in [0.2, 0.25) is 0 Å². The molecule has 0 spiro atoms. The molecule has 1 saturated carbocycles. The summed E-state index contributed by atoms with van der Waals surface area (Å²) in [6, 6.07) is 0.345. The molecule has 0 radical (unpaired) electrons. The first-order valence-electron chi connectivity index (χ1n) is 9.23. The van der Waals surface area contributed by atoms with Crippen LogP contribution in [0.4, 0.5) is 5.82 Å². The summed E-state index contributed by atoms with van der Waals surface area (Å²) in [6.45, 7) is 6.52. The van der Waals surface area contributed by atoms with Crippen molar-refractivity contribution in [2.45, 2.75) is 71.8 Å². The fourth-order valence-electron chi connectivity index (χ4n) is 3.80. The number of nitrogens with two attached hydrogens (primary N) is 1. The maximum atomic E-state index is 6.06. The van der Waals surface area contributed by atoms with E-state index in [2.05, 4.69) is 28.9 Å². The number of ether oxygens (including phenoxy) is 1. The number of nitrogen functional groups attached to an aromatic ring is 1. The Balaban J connectivity index is 1.82. The molecular weight excluding hydrogens is 302 g/mol. The van der Waals surface area contributed by atoms with Crippen LogP contribution in [0.3, 0.4) is 0 Å². The van der Waals surface area contributed by atoms with E-state index in [0.717, 1.165) is 30.9 Å². The lowest BCUT2D eigenvalue weighted by Crippen LogP contribution is -2.18. The zero-order valence-electron chi connectivity index (χ0n) is 15.0. The van der Waals surface area contributed by atoms with Crippen LogP contribution < -0.4 is 10.5 Å². The zero-order chi connectivity index (χ0) is 17.1. The number of nitrogens with zero attached hydrogens (tertiary/aromatic N) is 4. The zero-order valence-corrected chi connectivity index (χ0v) is 15.0. The quantitative estimate of drug-likeness (QED) is 0.874. The third-order valence-corrected chi connectivity index (χ3v) is 4.98. The summed E-state index contributed by atoms with van der Waals surface area (Å²) in [5, 5.41) is 4.54. The molecule has 24 heavy (non-hydrogen) atoms. The highest BCUT2D eigenvalue weighted by atomic mass is 16.5. The summed E-state index contributed by atoms with van der Waals surface area (Å²) in [7, 11) is 0. The van der Waals surface area contributed by atoms with Gasteiger partial charge in [-0.05, 0) is 38.0 Å². The summed E-state index contributed by atoms with van der Waals surface area (Å²) in [5.41, 5.74) is 7.79. The number of fused-ring (bicyclic) bond motifs is 1. The van der Waals surface area contributed by atoms with Crippen LogP contribution in [0.15, 0.2) is 6.20 Å². The van der Waals surface area contributed by atoms with Crippen molar-refractivity contribution in [3.63, 3.8) is 0 Å². The smallest absolute Gasteiger partial charge is 0.336 e. The fraction of sp³-hybridized carbons (Fsp3) is 0.722. The van der Waals surface area contributed by atoms with Gasteiger partial charge in [0.1, 0.15) is 0 Å². The number of anilines is 1. The minimum Gasteiger partial charge on any atom is -0.459 e. The average molecular weight is 331 g/mol. The SMILES string of the molecule is CCC[C@H](C)Oc1nc(N)c2ncc(CC3CCC[C@@H](C)C3)n2n1. The molecule has 0 saturated heterocycles. The van der Waals surface area contributed by atoms with E-state index in [9.17, 15) is 0 Å². The van der Waals surface area contributed by atoms with Crippen LogP contribution in [0, 0.1) is 11.8 Å². The lowest BCUT2D eigenvalue weighted by molar-refractivity contribution is 0.189. The average Bonchev–Trinajstić information content (AvgIpc) is 2.91. The molecule has 0 bridgehead atoms. The summed E-state index contributed by atoms with van der Waals surface area (Å²) >= 11 is 0. The Morgan fingerprint density at radius 2 is 2.25 bits per heavy atom. The molecule has 2 aromatic rings. The lowest BCUT2D eigenvalue weighted by Gasteiger charge is -2.26. The van der Waals surface area contributed by atoms with E-state index in [1.807, 2.05) is 17.6 Å². The Kier molecular flexibility index (Phi) is 5.21. The van der Waals surface area contributed by atoms with Gasteiger partial charge >= 0.3 is 6.01 Å². The highest BCUT2D eigenvalue weighted by Gasteiger charge is 2.21. The molecule has 0 aromatic carbocycles. The number of imidazole rings is 1. The van der Waals surface area contributed by atoms with Crippen molar-refractivity contribution in [1.82, 2.24) is 19.6 Å².